The van der Waals surface area contributed by atoms with Crippen LogP contribution >= 0.6 is 27.3 Å². The molecule has 0 aliphatic rings. The van der Waals surface area contributed by atoms with Crippen LogP contribution in [0.4, 0.5) is 5.69 Å². The summed E-state index contributed by atoms with van der Waals surface area (Å²) in [5.74, 6) is 0.685. The van der Waals surface area contributed by atoms with Crippen LogP contribution in [0.5, 0.6) is 0 Å². The maximum Gasteiger partial charge on any atom is 0.0519 e. The van der Waals surface area contributed by atoms with Crippen LogP contribution in [0.1, 0.15) is 24.3 Å². The fraction of sp³-hybridized carbons (Fsp3) is 0.412. The van der Waals surface area contributed by atoms with Crippen LogP contribution in [0, 0.1) is 5.92 Å². The molecule has 1 N–H and O–H groups in total. The van der Waals surface area contributed by atoms with Gasteiger partial charge in [0.1, 0.15) is 0 Å². The number of hydrogen-bond donors (Lipinski definition) is 1. The Labute approximate surface area is 140 Å². The average Bonchev–Trinajstić information content (AvgIpc) is 2.91. The fourth-order valence-corrected chi connectivity index (χ4v) is 3.68. The monoisotopic (exact) mass is 366 g/mol. The van der Waals surface area contributed by atoms with E-state index in [1.807, 2.05) is 0 Å². The lowest BCUT2D eigenvalue weighted by Crippen LogP contribution is -2.19. The van der Waals surface area contributed by atoms with Crippen molar-refractivity contribution in [2.24, 2.45) is 5.92 Å². The van der Waals surface area contributed by atoms with Crippen LogP contribution in [-0.4, -0.2) is 13.6 Å². The molecule has 1 heterocycles. The van der Waals surface area contributed by atoms with Crippen LogP contribution in [0.3, 0.4) is 0 Å². The summed E-state index contributed by atoms with van der Waals surface area (Å²) in [6.45, 7) is 7.38. The Balaban J connectivity index is 1.98. The third-order valence-electron chi connectivity index (χ3n) is 3.28. The Morgan fingerprint density at radius 3 is 2.71 bits per heavy atom. The number of anilines is 1. The Morgan fingerprint density at radius 2 is 2.10 bits per heavy atom. The molecule has 2 aromatic rings. The minimum Gasteiger partial charge on any atom is -0.369 e. The SMILES string of the molecule is CC(C)CNCc1ccc(N(C)Cc2cccs2)c(Br)c1. The molecule has 0 atom stereocenters. The van der Waals surface area contributed by atoms with E-state index in [1.165, 1.54) is 16.1 Å². The highest BCUT2D eigenvalue weighted by Crippen LogP contribution is 2.28. The molecule has 114 valence electrons. The van der Waals surface area contributed by atoms with Gasteiger partial charge in [-0.15, -0.1) is 11.3 Å². The van der Waals surface area contributed by atoms with E-state index in [1.54, 1.807) is 11.3 Å². The van der Waals surface area contributed by atoms with Gasteiger partial charge >= 0.3 is 0 Å². The number of thiophene rings is 1. The van der Waals surface area contributed by atoms with Gasteiger partial charge in [-0.05, 0) is 57.5 Å². The zero-order valence-electron chi connectivity index (χ0n) is 12.9. The molecule has 2 nitrogen and oxygen atoms in total. The Bertz CT molecular complexity index is 552. The number of halogens is 1. The zero-order valence-corrected chi connectivity index (χ0v) is 15.3. The summed E-state index contributed by atoms with van der Waals surface area (Å²) in [5.41, 5.74) is 2.55. The number of benzene rings is 1. The van der Waals surface area contributed by atoms with Crippen LogP contribution in [0.2, 0.25) is 0 Å². The number of rotatable bonds is 7. The molecule has 0 saturated carbocycles. The first kappa shape index (κ1) is 16.5. The quantitative estimate of drug-likeness (QED) is 0.749. The van der Waals surface area contributed by atoms with Gasteiger partial charge in [0.15, 0.2) is 0 Å². The number of nitrogens with zero attached hydrogens (tertiary/aromatic N) is 1. The van der Waals surface area contributed by atoms with Crippen molar-refractivity contribution in [3.63, 3.8) is 0 Å². The van der Waals surface area contributed by atoms with Gasteiger partial charge in [0.05, 0.1) is 12.2 Å². The van der Waals surface area contributed by atoms with Crippen molar-refractivity contribution in [3.8, 4) is 0 Å². The average molecular weight is 367 g/mol. The highest BCUT2D eigenvalue weighted by atomic mass is 79.9. The van der Waals surface area contributed by atoms with Crippen molar-refractivity contribution < 1.29 is 0 Å². The topological polar surface area (TPSA) is 15.3 Å². The van der Waals surface area contributed by atoms with Gasteiger partial charge in [-0.2, -0.15) is 0 Å². The molecule has 0 radical (unpaired) electrons. The lowest BCUT2D eigenvalue weighted by atomic mass is 10.1. The largest absolute Gasteiger partial charge is 0.369 e. The maximum atomic E-state index is 3.71. The van der Waals surface area contributed by atoms with E-state index in [0.717, 1.165) is 24.1 Å². The zero-order chi connectivity index (χ0) is 15.2. The summed E-state index contributed by atoms with van der Waals surface area (Å²) in [5, 5.41) is 5.61. The highest BCUT2D eigenvalue weighted by molar-refractivity contribution is 9.10. The van der Waals surface area contributed by atoms with E-state index in [0.29, 0.717) is 5.92 Å². The molecule has 0 bridgehead atoms. The molecule has 0 fully saturated rings. The van der Waals surface area contributed by atoms with Gasteiger partial charge < -0.3 is 10.2 Å². The van der Waals surface area contributed by atoms with Crippen molar-refractivity contribution in [1.82, 2.24) is 5.32 Å². The van der Waals surface area contributed by atoms with Gasteiger partial charge in [-0.3, -0.25) is 0 Å². The first-order chi connectivity index (χ1) is 10.1. The van der Waals surface area contributed by atoms with Crippen LogP contribution in [0.25, 0.3) is 0 Å². The predicted molar refractivity (Wildman–Crippen MR) is 97.1 cm³/mol. The summed E-state index contributed by atoms with van der Waals surface area (Å²) in [7, 11) is 2.14. The molecule has 0 aliphatic carbocycles. The van der Waals surface area contributed by atoms with Gasteiger partial charge in [0, 0.05) is 22.9 Å². The summed E-state index contributed by atoms with van der Waals surface area (Å²) in [6, 6.07) is 10.9. The Morgan fingerprint density at radius 1 is 1.29 bits per heavy atom. The lowest BCUT2D eigenvalue weighted by molar-refractivity contribution is 0.552. The molecular weight excluding hydrogens is 344 g/mol. The predicted octanol–water partition coefficient (Wildman–Crippen LogP) is 4.89. The second-order valence-electron chi connectivity index (χ2n) is 5.75. The van der Waals surface area contributed by atoms with Crippen LogP contribution in [-0.2, 0) is 13.1 Å². The molecule has 0 aliphatic heterocycles. The van der Waals surface area contributed by atoms with Gasteiger partial charge in [0.25, 0.3) is 0 Å². The molecule has 0 spiro atoms. The molecular formula is C17H23BrN2S. The van der Waals surface area contributed by atoms with Gasteiger partial charge in [0.2, 0.25) is 0 Å². The molecule has 1 aromatic heterocycles. The van der Waals surface area contributed by atoms with E-state index < -0.39 is 0 Å². The molecule has 0 amide bonds. The molecule has 2 rings (SSSR count). The van der Waals surface area contributed by atoms with E-state index in [9.17, 15) is 0 Å². The smallest absolute Gasteiger partial charge is 0.0519 e. The minimum absolute atomic E-state index is 0.685. The van der Waals surface area contributed by atoms with Crippen LogP contribution < -0.4 is 10.2 Å². The molecule has 21 heavy (non-hydrogen) atoms. The maximum absolute atomic E-state index is 3.71. The van der Waals surface area contributed by atoms with Crippen molar-refractivity contribution in [2.75, 3.05) is 18.5 Å². The summed E-state index contributed by atoms with van der Waals surface area (Å²) in [6.07, 6.45) is 0. The van der Waals surface area contributed by atoms with Crippen molar-refractivity contribution >= 4 is 33.0 Å². The highest BCUT2D eigenvalue weighted by Gasteiger charge is 2.08. The third-order valence-corrected chi connectivity index (χ3v) is 4.77. The van der Waals surface area contributed by atoms with Crippen LogP contribution in [0.15, 0.2) is 40.2 Å². The van der Waals surface area contributed by atoms with Gasteiger partial charge in [-0.1, -0.05) is 26.0 Å². The standard InChI is InChI=1S/C17H23BrN2S/c1-13(2)10-19-11-14-6-7-17(16(18)9-14)20(3)12-15-5-4-8-21-15/h4-9,13,19H,10-12H2,1-3H3. The first-order valence-corrected chi connectivity index (χ1v) is 8.96. The first-order valence-electron chi connectivity index (χ1n) is 7.29. The summed E-state index contributed by atoms with van der Waals surface area (Å²) in [4.78, 5) is 3.66. The number of hydrogen-bond acceptors (Lipinski definition) is 3. The second-order valence-corrected chi connectivity index (χ2v) is 7.63. The van der Waals surface area contributed by atoms with Gasteiger partial charge in [-0.25, -0.2) is 0 Å². The van der Waals surface area contributed by atoms with Crippen molar-refractivity contribution in [2.45, 2.75) is 26.9 Å². The van der Waals surface area contributed by atoms with E-state index in [4.69, 9.17) is 0 Å². The molecule has 0 unspecified atom stereocenters. The second kappa shape index (κ2) is 7.97. The Hall–Kier alpha value is -0.840. The lowest BCUT2D eigenvalue weighted by Gasteiger charge is -2.20. The van der Waals surface area contributed by atoms with E-state index >= 15 is 0 Å². The molecule has 0 saturated heterocycles. The number of nitrogens with one attached hydrogen (secondary N) is 1. The van der Waals surface area contributed by atoms with E-state index in [2.05, 4.69) is 82.8 Å². The summed E-state index contributed by atoms with van der Waals surface area (Å²) < 4.78 is 1.16. The molecule has 4 heteroatoms. The summed E-state index contributed by atoms with van der Waals surface area (Å²) >= 11 is 5.51. The third kappa shape index (κ3) is 5.13. The normalized spacial score (nSPS) is 11.1. The Kier molecular flexibility index (Phi) is 6.27. The van der Waals surface area contributed by atoms with E-state index in [-0.39, 0.29) is 0 Å². The van der Waals surface area contributed by atoms with Crippen molar-refractivity contribution in [1.29, 1.82) is 0 Å². The van der Waals surface area contributed by atoms with Crippen molar-refractivity contribution in [3.05, 3.63) is 50.6 Å². The fourth-order valence-electron chi connectivity index (χ4n) is 2.20. The molecule has 1 aromatic carbocycles. The minimum atomic E-state index is 0.685.